The summed E-state index contributed by atoms with van der Waals surface area (Å²) in [5.41, 5.74) is 7.34. The van der Waals surface area contributed by atoms with Gasteiger partial charge in [-0.15, -0.1) is 0 Å². The van der Waals surface area contributed by atoms with E-state index in [1.165, 1.54) is 5.56 Å². The second-order valence-corrected chi connectivity index (χ2v) is 6.88. The lowest BCUT2D eigenvalue weighted by Gasteiger charge is -2.19. The van der Waals surface area contributed by atoms with Gasteiger partial charge in [0.1, 0.15) is 0 Å². The number of benzene rings is 1. The lowest BCUT2D eigenvalue weighted by Crippen LogP contribution is -2.28. The minimum Gasteiger partial charge on any atom is -0.490 e. The lowest BCUT2D eigenvalue weighted by atomic mass is 10.1. The Labute approximate surface area is 142 Å². The molecule has 2 atom stereocenters. The fourth-order valence-electron chi connectivity index (χ4n) is 2.80. The van der Waals surface area contributed by atoms with Gasteiger partial charge in [0.05, 0.1) is 17.7 Å². The van der Waals surface area contributed by atoms with E-state index in [-0.39, 0.29) is 6.04 Å². The molecule has 4 nitrogen and oxygen atoms in total. The molecule has 1 saturated heterocycles. The van der Waals surface area contributed by atoms with Crippen LogP contribution in [-0.4, -0.2) is 37.2 Å². The highest BCUT2D eigenvalue weighted by Gasteiger charge is 2.26. The first-order valence-corrected chi connectivity index (χ1v) is 8.90. The number of ether oxygens (including phenoxy) is 2. The van der Waals surface area contributed by atoms with E-state index in [0.717, 1.165) is 42.0 Å². The SMILES string of the molecule is CCCOc1c(Br)cc(CN2CC(C)C(N)C2)cc1OCC. The monoisotopic (exact) mass is 370 g/mol. The van der Waals surface area contributed by atoms with E-state index >= 15 is 0 Å². The van der Waals surface area contributed by atoms with Gasteiger partial charge in [0.2, 0.25) is 0 Å². The summed E-state index contributed by atoms with van der Waals surface area (Å²) in [5.74, 6) is 2.18. The zero-order valence-corrected chi connectivity index (χ0v) is 15.4. The summed E-state index contributed by atoms with van der Waals surface area (Å²) in [6.45, 7) is 10.5. The van der Waals surface area contributed by atoms with Crippen molar-refractivity contribution in [2.24, 2.45) is 11.7 Å². The van der Waals surface area contributed by atoms with Crippen molar-refractivity contribution in [2.75, 3.05) is 26.3 Å². The van der Waals surface area contributed by atoms with E-state index in [4.69, 9.17) is 15.2 Å². The van der Waals surface area contributed by atoms with Crippen molar-refractivity contribution in [1.29, 1.82) is 0 Å². The molecule has 0 saturated carbocycles. The first kappa shape index (κ1) is 17.6. The third-order valence-corrected chi connectivity index (χ3v) is 4.56. The largest absolute Gasteiger partial charge is 0.490 e. The molecule has 1 fully saturated rings. The Morgan fingerprint density at radius 3 is 2.64 bits per heavy atom. The summed E-state index contributed by atoms with van der Waals surface area (Å²) in [5, 5.41) is 0. The quantitative estimate of drug-likeness (QED) is 0.798. The van der Waals surface area contributed by atoms with Crippen LogP contribution in [0.5, 0.6) is 11.5 Å². The van der Waals surface area contributed by atoms with Crippen molar-refractivity contribution in [3.8, 4) is 11.5 Å². The summed E-state index contributed by atoms with van der Waals surface area (Å²) < 4.78 is 12.5. The lowest BCUT2D eigenvalue weighted by molar-refractivity contribution is 0.273. The Balaban J connectivity index is 2.15. The number of halogens is 1. The molecule has 2 unspecified atom stereocenters. The highest BCUT2D eigenvalue weighted by atomic mass is 79.9. The molecule has 1 aliphatic rings. The van der Waals surface area contributed by atoms with Crippen molar-refractivity contribution in [3.63, 3.8) is 0 Å². The smallest absolute Gasteiger partial charge is 0.175 e. The summed E-state index contributed by atoms with van der Waals surface area (Å²) >= 11 is 3.62. The molecule has 2 rings (SSSR count). The van der Waals surface area contributed by atoms with E-state index in [2.05, 4.69) is 46.8 Å². The second-order valence-electron chi connectivity index (χ2n) is 6.02. The Kier molecular flexibility index (Phi) is 6.53. The minimum absolute atomic E-state index is 0.280. The topological polar surface area (TPSA) is 47.7 Å². The standard InChI is InChI=1S/C17H27BrN2O2/c1-4-6-22-17-14(18)7-13(8-16(17)21-5-2)10-20-9-12(3)15(19)11-20/h7-8,12,15H,4-6,9-11,19H2,1-3H3. The van der Waals surface area contributed by atoms with E-state index < -0.39 is 0 Å². The highest BCUT2D eigenvalue weighted by molar-refractivity contribution is 9.10. The van der Waals surface area contributed by atoms with Crippen molar-refractivity contribution >= 4 is 15.9 Å². The van der Waals surface area contributed by atoms with E-state index in [9.17, 15) is 0 Å². The zero-order valence-electron chi connectivity index (χ0n) is 13.8. The van der Waals surface area contributed by atoms with Gasteiger partial charge < -0.3 is 15.2 Å². The number of nitrogens with two attached hydrogens (primary N) is 1. The molecular formula is C17H27BrN2O2. The number of rotatable bonds is 7. The molecule has 1 heterocycles. The van der Waals surface area contributed by atoms with Gasteiger partial charge in [-0.25, -0.2) is 0 Å². The van der Waals surface area contributed by atoms with Crippen LogP contribution >= 0.6 is 15.9 Å². The molecule has 1 aromatic rings. The average Bonchev–Trinajstić information content (AvgIpc) is 2.76. The predicted octanol–water partition coefficient (Wildman–Crippen LogP) is 3.42. The molecule has 22 heavy (non-hydrogen) atoms. The number of hydrogen-bond donors (Lipinski definition) is 1. The molecule has 1 aromatic carbocycles. The van der Waals surface area contributed by atoms with E-state index in [1.807, 2.05) is 6.92 Å². The van der Waals surface area contributed by atoms with Crippen molar-refractivity contribution in [3.05, 3.63) is 22.2 Å². The van der Waals surface area contributed by atoms with Crippen LogP contribution in [0.2, 0.25) is 0 Å². The molecule has 1 aliphatic heterocycles. The third-order valence-electron chi connectivity index (χ3n) is 3.97. The molecule has 5 heteroatoms. The Bertz CT molecular complexity index is 486. The normalized spacial score (nSPS) is 22.0. The van der Waals surface area contributed by atoms with Gasteiger partial charge in [-0.2, -0.15) is 0 Å². The van der Waals surface area contributed by atoms with E-state index in [1.54, 1.807) is 0 Å². The maximum Gasteiger partial charge on any atom is 0.175 e. The van der Waals surface area contributed by atoms with Crippen LogP contribution in [-0.2, 0) is 6.54 Å². The van der Waals surface area contributed by atoms with Crippen LogP contribution in [0.4, 0.5) is 0 Å². The summed E-state index contributed by atoms with van der Waals surface area (Å²) in [6, 6.07) is 4.50. The second kappa shape index (κ2) is 8.18. The molecule has 0 bridgehead atoms. The number of likely N-dealkylation sites (tertiary alicyclic amines) is 1. The van der Waals surface area contributed by atoms with Gasteiger partial charge in [0.15, 0.2) is 11.5 Å². The van der Waals surface area contributed by atoms with Crippen LogP contribution in [0, 0.1) is 5.92 Å². The van der Waals surface area contributed by atoms with Crippen molar-refractivity contribution in [1.82, 2.24) is 4.90 Å². The van der Waals surface area contributed by atoms with Crippen LogP contribution in [0.3, 0.4) is 0 Å². The van der Waals surface area contributed by atoms with Gasteiger partial charge in [0, 0.05) is 25.7 Å². The highest BCUT2D eigenvalue weighted by Crippen LogP contribution is 2.37. The molecule has 0 spiro atoms. The molecule has 124 valence electrons. The first-order chi connectivity index (χ1) is 10.5. The molecule has 0 aliphatic carbocycles. The van der Waals surface area contributed by atoms with Crippen LogP contribution in [0.25, 0.3) is 0 Å². The summed E-state index contributed by atoms with van der Waals surface area (Å²) in [4.78, 5) is 2.40. The predicted molar refractivity (Wildman–Crippen MR) is 93.5 cm³/mol. The summed E-state index contributed by atoms with van der Waals surface area (Å²) in [7, 11) is 0. The van der Waals surface area contributed by atoms with Crippen LogP contribution < -0.4 is 15.2 Å². The van der Waals surface area contributed by atoms with Gasteiger partial charge in [-0.1, -0.05) is 13.8 Å². The number of hydrogen-bond acceptors (Lipinski definition) is 4. The Morgan fingerprint density at radius 1 is 1.27 bits per heavy atom. The molecule has 2 N–H and O–H groups in total. The molecule has 0 aromatic heterocycles. The fourth-order valence-corrected chi connectivity index (χ4v) is 3.41. The van der Waals surface area contributed by atoms with Crippen molar-refractivity contribution < 1.29 is 9.47 Å². The van der Waals surface area contributed by atoms with Crippen molar-refractivity contribution in [2.45, 2.75) is 39.8 Å². The summed E-state index contributed by atoms with van der Waals surface area (Å²) in [6.07, 6.45) is 0.976. The Morgan fingerprint density at radius 2 is 2.05 bits per heavy atom. The van der Waals surface area contributed by atoms with Crippen LogP contribution in [0.1, 0.15) is 32.8 Å². The van der Waals surface area contributed by atoms with Gasteiger partial charge in [-0.05, 0) is 52.9 Å². The van der Waals surface area contributed by atoms with Gasteiger partial charge >= 0.3 is 0 Å². The zero-order chi connectivity index (χ0) is 16.1. The molecule has 0 amide bonds. The maximum absolute atomic E-state index is 6.11. The average molecular weight is 371 g/mol. The number of nitrogens with zero attached hydrogens (tertiary/aromatic N) is 1. The van der Waals surface area contributed by atoms with Crippen LogP contribution in [0.15, 0.2) is 16.6 Å². The van der Waals surface area contributed by atoms with Gasteiger partial charge in [0.25, 0.3) is 0 Å². The third kappa shape index (κ3) is 4.37. The van der Waals surface area contributed by atoms with E-state index in [0.29, 0.717) is 19.1 Å². The maximum atomic E-state index is 6.11. The molecular weight excluding hydrogens is 344 g/mol. The minimum atomic E-state index is 0.280. The van der Waals surface area contributed by atoms with Gasteiger partial charge in [-0.3, -0.25) is 4.90 Å². The fraction of sp³-hybridized carbons (Fsp3) is 0.647. The first-order valence-electron chi connectivity index (χ1n) is 8.11. The Hall–Kier alpha value is -0.780. The molecule has 0 radical (unpaired) electrons.